The van der Waals surface area contributed by atoms with E-state index in [4.69, 9.17) is 5.73 Å². The summed E-state index contributed by atoms with van der Waals surface area (Å²) in [4.78, 5) is 0. The smallest absolute Gasteiger partial charge is 0.233 e. The van der Waals surface area contributed by atoms with Crippen LogP contribution in [-0.2, 0) is 19.9 Å². The number of hydrogen-bond acceptors (Lipinski definition) is 5. The topological polar surface area (TPSA) is 106 Å². The highest BCUT2D eigenvalue weighted by molar-refractivity contribution is 7.95. The maximum absolute atomic E-state index is 13.2. The fraction of sp³-hybridized carbons (Fsp3) is 0.333. The fourth-order valence-corrected chi connectivity index (χ4v) is 4.04. The van der Waals surface area contributed by atoms with E-state index in [-0.39, 0.29) is 17.8 Å². The quantitative estimate of drug-likeness (QED) is 0.733. The molecule has 0 atom stereocenters. The van der Waals surface area contributed by atoms with Gasteiger partial charge in [-0.3, -0.25) is 4.72 Å². The molecule has 3 N–H and O–H groups in total. The van der Waals surface area contributed by atoms with Gasteiger partial charge in [0.25, 0.3) is 0 Å². The van der Waals surface area contributed by atoms with Gasteiger partial charge < -0.3 is 5.73 Å². The van der Waals surface area contributed by atoms with Crippen LogP contribution in [0.25, 0.3) is 0 Å². The summed E-state index contributed by atoms with van der Waals surface area (Å²) in [5.74, 6) is 3.37. The van der Waals surface area contributed by atoms with Crippen molar-refractivity contribution in [2.24, 2.45) is 5.73 Å². The second kappa shape index (κ2) is 6.89. The summed E-state index contributed by atoms with van der Waals surface area (Å²) in [5, 5.41) is 0. The molecule has 1 rings (SSSR count). The van der Waals surface area contributed by atoms with Crippen LogP contribution in [0.4, 0.5) is 10.1 Å². The largest absolute Gasteiger partial charge is 0.320 e. The molecule has 21 heavy (non-hydrogen) atoms. The van der Waals surface area contributed by atoms with Gasteiger partial charge in [-0.1, -0.05) is 11.8 Å². The highest BCUT2D eigenvalue weighted by atomic mass is 32.2. The van der Waals surface area contributed by atoms with Crippen LogP contribution in [0.15, 0.2) is 18.2 Å². The van der Waals surface area contributed by atoms with Gasteiger partial charge in [-0.2, -0.15) is 0 Å². The molecule has 0 bridgehead atoms. The molecule has 6 nitrogen and oxygen atoms in total. The van der Waals surface area contributed by atoms with Gasteiger partial charge in [0.15, 0.2) is 0 Å². The molecule has 0 heterocycles. The van der Waals surface area contributed by atoms with E-state index in [1.807, 2.05) is 0 Å². The third-order valence-corrected chi connectivity index (χ3v) is 4.77. The highest BCUT2D eigenvalue weighted by Gasteiger charge is 2.16. The van der Waals surface area contributed by atoms with E-state index in [0.29, 0.717) is 0 Å². The number of anilines is 1. The van der Waals surface area contributed by atoms with Crippen LogP contribution < -0.4 is 10.5 Å². The van der Waals surface area contributed by atoms with E-state index < -0.39 is 37.2 Å². The van der Waals surface area contributed by atoms with E-state index in [1.165, 1.54) is 6.07 Å². The number of benzene rings is 1. The summed E-state index contributed by atoms with van der Waals surface area (Å²) >= 11 is 0. The Morgan fingerprint density at radius 1 is 1.24 bits per heavy atom. The first-order valence-electron chi connectivity index (χ1n) is 5.80. The molecule has 0 amide bonds. The van der Waals surface area contributed by atoms with Crippen molar-refractivity contribution in [3.8, 4) is 11.8 Å². The Morgan fingerprint density at radius 2 is 1.90 bits per heavy atom. The summed E-state index contributed by atoms with van der Waals surface area (Å²) in [6, 6.07) is 3.35. The predicted molar refractivity (Wildman–Crippen MR) is 79.5 cm³/mol. The molecule has 116 valence electrons. The van der Waals surface area contributed by atoms with Crippen molar-refractivity contribution in [2.45, 2.75) is 0 Å². The minimum absolute atomic E-state index is 0.0385. The molecule has 0 aromatic heterocycles. The fourth-order valence-electron chi connectivity index (χ4n) is 1.33. The average Bonchev–Trinajstić information content (AvgIpc) is 2.36. The maximum atomic E-state index is 13.2. The molecular weight excluding hydrogens is 319 g/mol. The Bertz CT molecular complexity index is 777. The molecule has 0 radical (unpaired) electrons. The lowest BCUT2D eigenvalue weighted by Gasteiger charge is -2.09. The summed E-state index contributed by atoms with van der Waals surface area (Å²) < 4.78 is 61.0. The van der Waals surface area contributed by atoms with Gasteiger partial charge in [0, 0.05) is 6.26 Å². The number of sulfone groups is 1. The Morgan fingerprint density at radius 3 is 2.48 bits per heavy atom. The molecule has 0 aliphatic carbocycles. The monoisotopic (exact) mass is 334 g/mol. The van der Waals surface area contributed by atoms with Crippen molar-refractivity contribution in [3.05, 3.63) is 29.6 Å². The van der Waals surface area contributed by atoms with Crippen molar-refractivity contribution >= 4 is 25.5 Å². The van der Waals surface area contributed by atoms with Crippen LogP contribution in [0.5, 0.6) is 0 Å². The molecule has 0 aliphatic rings. The van der Waals surface area contributed by atoms with Gasteiger partial charge in [-0.15, -0.1) is 0 Å². The molecule has 0 saturated carbocycles. The SMILES string of the molecule is CS(=O)(=O)CCS(=O)(=O)Nc1ccc(F)cc1C#CCN. The molecule has 0 unspecified atom stereocenters. The Labute approximate surface area is 123 Å². The first-order valence-corrected chi connectivity index (χ1v) is 9.51. The zero-order valence-corrected chi connectivity index (χ0v) is 12.9. The van der Waals surface area contributed by atoms with Crippen molar-refractivity contribution in [1.29, 1.82) is 0 Å². The van der Waals surface area contributed by atoms with Crippen LogP contribution >= 0.6 is 0 Å². The number of nitrogens with one attached hydrogen (secondary N) is 1. The second-order valence-electron chi connectivity index (χ2n) is 4.25. The standard InChI is InChI=1S/C12H15FN2O4S2/c1-20(16,17)7-8-21(18,19)15-12-5-4-11(13)9-10(12)3-2-6-14/h4-5,9,15H,6-8,14H2,1H3. The first kappa shape index (κ1) is 17.4. The van der Waals surface area contributed by atoms with Crippen molar-refractivity contribution in [2.75, 3.05) is 29.0 Å². The molecule has 0 fully saturated rings. The number of hydrogen-bond donors (Lipinski definition) is 2. The molecular formula is C12H15FN2O4S2. The number of sulfonamides is 1. The Kier molecular flexibility index (Phi) is 5.71. The van der Waals surface area contributed by atoms with Gasteiger partial charge in [0.1, 0.15) is 15.7 Å². The van der Waals surface area contributed by atoms with E-state index in [9.17, 15) is 21.2 Å². The third-order valence-electron chi connectivity index (χ3n) is 2.30. The number of rotatable bonds is 5. The molecule has 1 aromatic rings. The highest BCUT2D eigenvalue weighted by Crippen LogP contribution is 2.17. The second-order valence-corrected chi connectivity index (χ2v) is 8.35. The summed E-state index contributed by atoms with van der Waals surface area (Å²) in [6.45, 7) is 0.0385. The van der Waals surface area contributed by atoms with Gasteiger partial charge in [0.2, 0.25) is 10.0 Å². The van der Waals surface area contributed by atoms with Crippen LogP contribution in [0.2, 0.25) is 0 Å². The van der Waals surface area contributed by atoms with Gasteiger partial charge >= 0.3 is 0 Å². The zero-order chi connectivity index (χ0) is 16.1. The van der Waals surface area contributed by atoms with E-state index in [1.54, 1.807) is 0 Å². The van der Waals surface area contributed by atoms with Crippen LogP contribution in [0.1, 0.15) is 5.56 Å². The van der Waals surface area contributed by atoms with Crippen molar-refractivity contribution in [3.63, 3.8) is 0 Å². The predicted octanol–water partition coefficient (Wildman–Crippen LogP) is -0.0778. The Hall–Kier alpha value is -1.63. The third kappa shape index (κ3) is 6.57. The zero-order valence-electron chi connectivity index (χ0n) is 11.3. The van der Waals surface area contributed by atoms with Gasteiger partial charge in [-0.05, 0) is 18.2 Å². The molecule has 0 saturated heterocycles. The summed E-state index contributed by atoms with van der Waals surface area (Å²) in [7, 11) is -7.28. The molecule has 0 aliphatic heterocycles. The lowest BCUT2D eigenvalue weighted by atomic mass is 10.2. The minimum atomic E-state index is -3.88. The van der Waals surface area contributed by atoms with Crippen LogP contribution in [-0.4, -0.2) is 41.1 Å². The normalized spacial score (nSPS) is 11.6. The van der Waals surface area contributed by atoms with Crippen molar-refractivity contribution in [1.82, 2.24) is 0 Å². The van der Waals surface area contributed by atoms with E-state index >= 15 is 0 Å². The van der Waals surface area contributed by atoms with Crippen LogP contribution in [0.3, 0.4) is 0 Å². The van der Waals surface area contributed by atoms with Crippen LogP contribution in [0, 0.1) is 17.7 Å². The first-order chi connectivity index (χ1) is 9.63. The summed E-state index contributed by atoms with van der Waals surface area (Å²) in [6.07, 6.45) is 0.943. The van der Waals surface area contributed by atoms with Gasteiger partial charge in [0.05, 0.1) is 29.3 Å². The summed E-state index contributed by atoms with van der Waals surface area (Å²) in [5.41, 5.74) is 5.42. The lowest BCUT2D eigenvalue weighted by Crippen LogP contribution is -2.22. The molecule has 9 heteroatoms. The van der Waals surface area contributed by atoms with E-state index in [2.05, 4.69) is 16.6 Å². The Balaban J connectivity index is 3.01. The van der Waals surface area contributed by atoms with Gasteiger partial charge in [-0.25, -0.2) is 21.2 Å². The maximum Gasteiger partial charge on any atom is 0.233 e. The van der Waals surface area contributed by atoms with Crippen molar-refractivity contribution < 1.29 is 21.2 Å². The number of nitrogens with two attached hydrogens (primary N) is 1. The minimum Gasteiger partial charge on any atom is -0.320 e. The average molecular weight is 334 g/mol. The molecule has 0 spiro atoms. The number of halogens is 1. The van der Waals surface area contributed by atoms with E-state index in [0.717, 1.165) is 18.4 Å². The molecule has 1 aromatic carbocycles. The lowest BCUT2D eigenvalue weighted by molar-refractivity contribution is 0.593.